The molecule has 0 heterocycles. The molecule has 0 saturated heterocycles. The average Bonchev–Trinajstić information content (AvgIpc) is 1.62. The fourth-order valence-corrected chi connectivity index (χ4v) is 0.207. The Bertz CT molecular complexity index is 67.3. The summed E-state index contributed by atoms with van der Waals surface area (Å²) in [5, 5.41) is 0. The van der Waals surface area contributed by atoms with Gasteiger partial charge < -0.3 is 4.74 Å². The molecule has 0 aliphatic heterocycles. The molecule has 1 atom stereocenters. The van der Waals surface area contributed by atoms with Crippen molar-refractivity contribution in [3.8, 4) is 0 Å². The van der Waals surface area contributed by atoms with Gasteiger partial charge in [0.2, 0.25) is 0 Å². The second kappa shape index (κ2) is 2.40. The van der Waals surface area contributed by atoms with Crippen LogP contribution in [-0.2, 0) is 4.74 Å². The number of alkyl halides is 2. The van der Waals surface area contributed by atoms with Crippen molar-refractivity contribution < 1.29 is 13.5 Å². The molecule has 0 aromatic rings. The first-order valence-electron chi connectivity index (χ1n) is 2.39. The first-order valence-corrected chi connectivity index (χ1v) is 2.39. The lowest BCUT2D eigenvalue weighted by molar-refractivity contribution is -0.101. The van der Waals surface area contributed by atoms with E-state index in [0.29, 0.717) is 0 Å². The Labute approximate surface area is 47.6 Å². The van der Waals surface area contributed by atoms with E-state index in [2.05, 4.69) is 4.74 Å². The van der Waals surface area contributed by atoms with Crippen LogP contribution in [0, 0.1) is 0 Å². The van der Waals surface area contributed by atoms with E-state index in [1.165, 1.54) is 14.0 Å². The van der Waals surface area contributed by atoms with Crippen LogP contribution in [0.4, 0.5) is 8.78 Å². The van der Waals surface area contributed by atoms with Gasteiger partial charge in [-0.2, -0.15) is 0 Å². The second-order valence-electron chi connectivity index (χ2n) is 1.83. The van der Waals surface area contributed by atoms with Crippen LogP contribution in [0.15, 0.2) is 0 Å². The third-order valence-corrected chi connectivity index (χ3v) is 1.07. The molecule has 0 bridgehead atoms. The molecule has 0 fully saturated rings. The largest absolute Gasteiger partial charge is 0.376 e. The van der Waals surface area contributed by atoms with Gasteiger partial charge in [0.1, 0.15) is 6.10 Å². The minimum Gasteiger partial charge on any atom is -0.376 e. The Balaban J connectivity index is 3.62. The highest BCUT2D eigenvalue weighted by molar-refractivity contribution is 4.65. The Morgan fingerprint density at radius 2 is 1.88 bits per heavy atom. The summed E-state index contributed by atoms with van der Waals surface area (Å²) in [5.41, 5.74) is 0. The Hall–Kier alpha value is -0.180. The molecule has 50 valence electrons. The smallest absolute Gasteiger partial charge is 0.270 e. The average molecular weight is 124 g/mol. The fourth-order valence-electron chi connectivity index (χ4n) is 0.207. The molecule has 0 aromatic heterocycles. The first-order chi connectivity index (χ1) is 3.48. The summed E-state index contributed by atoms with van der Waals surface area (Å²) in [7, 11) is 1.27. The molecule has 0 N–H and O–H groups in total. The van der Waals surface area contributed by atoms with Gasteiger partial charge in [-0.15, -0.1) is 0 Å². The van der Waals surface area contributed by atoms with Gasteiger partial charge in [-0.3, -0.25) is 0 Å². The summed E-state index contributed by atoms with van der Waals surface area (Å²) in [6, 6.07) is 0. The van der Waals surface area contributed by atoms with E-state index >= 15 is 0 Å². The van der Waals surface area contributed by atoms with Gasteiger partial charge in [-0.05, 0) is 6.92 Å². The lowest BCUT2D eigenvalue weighted by Crippen LogP contribution is -2.28. The predicted molar refractivity (Wildman–Crippen MR) is 27.1 cm³/mol. The van der Waals surface area contributed by atoms with Gasteiger partial charge in [-0.25, -0.2) is 8.78 Å². The molecule has 0 spiro atoms. The number of methoxy groups -OCH3 is 1. The molecule has 0 saturated carbocycles. The van der Waals surface area contributed by atoms with Crippen molar-refractivity contribution in [2.45, 2.75) is 25.9 Å². The molecular formula is C5H10F2O. The van der Waals surface area contributed by atoms with Crippen molar-refractivity contribution in [2.24, 2.45) is 0 Å². The number of halogens is 2. The highest BCUT2D eigenvalue weighted by Crippen LogP contribution is 2.18. The van der Waals surface area contributed by atoms with Gasteiger partial charge in [0.25, 0.3) is 5.92 Å². The zero-order chi connectivity index (χ0) is 6.78. The Morgan fingerprint density at radius 3 is 1.88 bits per heavy atom. The Kier molecular flexibility index (Phi) is 2.34. The molecule has 1 unspecified atom stereocenters. The quantitative estimate of drug-likeness (QED) is 0.544. The van der Waals surface area contributed by atoms with Crippen molar-refractivity contribution >= 4 is 0 Å². The van der Waals surface area contributed by atoms with Crippen LogP contribution in [0.1, 0.15) is 13.8 Å². The van der Waals surface area contributed by atoms with Crippen LogP contribution >= 0.6 is 0 Å². The summed E-state index contributed by atoms with van der Waals surface area (Å²) < 4.78 is 28.3. The van der Waals surface area contributed by atoms with E-state index in [9.17, 15) is 8.78 Å². The maximum absolute atomic E-state index is 12.0. The fraction of sp³-hybridized carbons (Fsp3) is 1.00. The highest BCUT2D eigenvalue weighted by atomic mass is 19.3. The third-order valence-electron chi connectivity index (χ3n) is 1.07. The van der Waals surface area contributed by atoms with E-state index in [1.54, 1.807) is 0 Å². The van der Waals surface area contributed by atoms with Crippen LogP contribution in [0.2, 0.25) is 0 Å². The summed E-state index contributed by atoms with van der Waals surface area (Å²) >= 11 is 0. The molecule has 3 heteroatoms. The van der Waals surface area contributed by atoms with Crippen molar-refractivity contribution in [3.05, 3.63) is 0 Å². The van der Waals surface area contributed by atoms with E-state index in [4.69, 9.17) is 0 Å². The topological polar surface area (TPSA) is 9.23 Å². The number of ether oxygens (including phenoxy) is 1. The molecule has 0 radical (unpaired) electrons. The highest BCUT2D eigenvalue weighted by Gasteiger charge is 2.29. The van der Waals surface area contributed by atoms with Crippen LogP contribution in [0.25, 0.3) is 0 Å². The minimum atomic E-state index is -2.71. The molecule has 0 aromatic carbocycles. The molecular weight excluding hydrogens is 114 g/mol. The van der Waals surface area contributed by atoms with E-state index in [1.807, 2.05) is 0 Å². The molecule has 1 nitrogen and oxygen atoms in total. The van der Waals surface area contributed by atoms with Gasteiger partial charge in [-0.1, -0.05) is 0 Å². The monoisotopic (exact) mass is 124 g/mol. The maximum Gasteiger partial charge on any atom is 0.270 e. The molecule has 0 rings (SSSR count). The number of hydrogen-bond donors (Lipinski definition) is 0. The third kappa shape index (κ3) is 2.21. The van der Waals surface area contributed by atoms with Crippen LogP contribution in [0.5, 0.6) is 0 Å². The SMILES string of the molecule is COC(C)C(C)(F)F. The standard InChI is InChI=1S/C5H10F2O/c1-4(8-3)5(2,6)7/h4H,1-3H3. The lowest BCUT2D eigenvalue weighted by Gasteiger charge is -2.16. The van der Waals surface area contributed by atoms with E-state index < -0.39 is 12.0 Å². The number of hydrogen-bond acceptors (Lipinski definition) is 1. The zero-order valence-electron chi connectivity index (χ0n) is 5.24. The number of rotatable bonds is 2. The van der Waals surface area contributed by atoms with Crippen molar-refractivity contribution in [2.75, 3.05) is 7.11 Å². The van der Waals surface area contributed by atoms with Crippen molar-refractivity contribution in [1.82, 2.24) is 0 Å². The van der Waals surface area contributed by atoms with Gasteiger partial charge in [0.05, 0.1) is 0 Å². The Morgan fingerprint density at radius 1 is 1.50 bits per heavy atom. The molecule has 0 aliphatic carbocycles. The zero-order valence-corrected chi connectivity index (χ0v) is 5.24. The molecule has 0 amide bonds. The predicted octanol–water partition coefficient (Wildman–Crippen LogP) is 1.68. The van der Waals surface area contributed by atoms with Crippen molar-refractivity contribution in [3.63, 3.8) is 0 Å². The van der Waals surface area contributed by atoms with Crippen LogP contribution in [-0.4, -0.2) is 19.1 Å². The summed E-state index contributed by atoms with van der Waals surface area (Å²) in [6.07, 6.45) is -0.984. The van der Waals surface area contributed by atoms with Crippen LogP contribution in [0.3, 0.4) is 0 Å². The van der Waals surface area contributed by atoms with E-state index in [0.717, 1.165) is 6.92 Å². The minimum absolute atomic E-state index is 0.834. The maximum atomic E-state index is 12.0. The lowest BCUT2D eigenvalue weighted by atomic mass is 10.2. The van der Waals surface area contributed by atoms with Gasteiger partial charge in [0.15, 0.2) is 0 Å². The molecule has 8 heavy (non-hydrogen) atoms. The van der Waals surface area contributed by atoms with Crippen molar-refractivity contribution in [1.29, 1.82) is 0 Å². The normalized spacial score (nSPS) is 16.1. The van der Waals surface area contributed by atoms with Crippen LogP contribution < -0.4 is 0 Å². The summed E-state index contributed by atoms with van der Waals surface area (Å²) in [4.78, 5) is 0. The van der Waals surface area contributed by atoms with E-state index in [-0.39, 0.29) is 0 Å². The summed E-state index contributed by atoms with van der Waals surface area (Å²) in [6.45, 7) is 2.17. The summed E-state index contributed by atoms with van der Waals surface area (Å²) in [5.74, 6) is -2.71. The van der Waals surface area contributed by atoms with Gasteiger partial charge >= 0.3 is 0 Å². The molecule has 0 aliphatic rings. The second-order valence-corrected chi connectivity index (χ2v) is 1.83. The van der Waals surface area contributed by atoms with Gasteiger partial charge in [0, 0.05) is 14.0 Å². The first kappa shape index (κ1) is 7.82.